The van der Waals surface area contributed by atoms with E-state index in [1.807, 2.05) is 13.8 Å². The Bertz CT molecular complexity index is 392. The standard InChI is InChI=1S/C12H18ClN3/c1-7-5-4-6-10(7)16-12-11(13)14-8(2)9(3)15-12/h7,10H,4-6H2,1-3H3,(H,15,16). The van der Waals surface area contributed by atoms with Crippen molar-refractivity contribution in [3.63, 3.8) is 0 Å². The molecule has 1 saturated carbocycles. The van der Waals surface area contributed by atoms with Crippen LogP contribution in [0.1, 0.15) is 37.6 Å². The third kappa shape index (κ3) is 2.29. The Morgan fingerprint density at radius 3 is 2.50 bits per heavy atom. The van der Waals surface area contributed by atoms with Crippen LogP contribution in [-0.4, -0.2) is 16.0 Å². The molecule has 2 rings (SSSR count). The van der Waals surface area contributed by atoms with Gasteiger partial charge in [0.15, 0.2) is 11.0 Å². The summed E-state index contributed by atoms with van der Waals surface area (Å²) in [5.74, 6) is 1.43. The van der Waals surface area contributed by atoms with E-state index in [0.717, 1.165) is 17.2 Å². The molecule has 1 N–H and O–H groups in total. The lowest BCUT2D eigenvalue weighted by Crippen LogP contribution is -2.23. The van der Waals surface area contributed by atoms with E-state index in [9.17, 15) is 0 Å². The molecule has 1 heterocycles. The number of hydrogen-bond acceptors (Lipinski definition) is 3. The van der Waals surface area contributed by atoms with Gasteiger partial charge in [0.25, 0.3) is 0 Å². The van der Waals surface area contributed by atoms with Gasteiger partial charge < -0.3 is 5.32 Å². The van der Waals surface area contributed by atoms with Gasteiger partial charge >= 0.3 is 0 Å². The molecule has 1 aromatic heterocycles. The molecule has 0 radical (unpaired) electrons. The summed E-state index contributed by atoms with van der Waals surface area (Å²) in [5, 5.41) is 3.91. The van der Waals surface area contributed by atoms with Crippen molar-refractivity contribution >= 4 is 17.4 Å². The molecule has 1 fully saturated rings. The second kappa shape index (κ2) is 4.58. The maximum Gasteiger partial charge on any atom is 0.171 e. The summed E-state index contributed by atoms with van der Waals surface area (Å²) < 4.78 is 0. The molecular formula is C12H18ClN3. The molecule has 88 valence electrons. The van der Waals surface area contributed by atoms with E-state index in [-0.39, 0.29) is 0 Å². The number of anilines is 1. The number of aromatic nitrogens is 2. The lowest BCUT2D eigenvalue weighted by molar-refractivity contribution is 0.554. The van der Waals surface area contributed by atoms with Crippen molar-refractivity contribution in [2.75, 3.05) is 5.32 Å². The molecule has 1 aromatic rings. The van der Waals surface area contributed by atoms with Crippen molar-refractivity contribution < 1.29 is 0 Å². The van der Waals surface area contributed by atoms with E-state index in [4.69, 9.17) is 11.6 Å². The summed E-state index contributed by atoms with van der Waals surface area (Å²) in [4.78, 5) is 8.75. The molecule has 0 aliphatic heterocycles. The smallest absolute Gasteiger partial charge is 0.171 e. The van der Waals surface area contributed by atoms with Gasteiger partial charge in [-0.25, -0.2) is 9.97 Å². The predicted molar refractivity (Wildman–Crippen MR) is 66.9 cm³/mol. The maximum absolute atomic E-state index is 6.09. The van der Waals surface area contributed by atoms with Crippen LogP contribution in [0.2, 0.25) is 5.15 Å². The van der Waals surface area contributed by atoms with Crippen LogP contribution in [0.15, 0.2) is 0 Å². The van der Waals surface area contributed by atoms with Gasteiger partial charge in [0.1, 0.15) is 0 Å². The number of hydrogen-bond donors (Lipinski definition) is 1. The van der Waals surface area contributed by atoms with Crippen LogP contribution in [0.4, 0.5) is 5.82 Å². The minimum Gasteiger partial charge on any atom is -0.365 e. The molecule has 4 heteroatoms. The second-order valence-corrected chi connectivity index (χ2v) is 5.05. The van der Waals surface area contributed by atoms with Gasteiger partial charge in [-0.3, -0.25) is 0 Å². The molecule has 0 aromatic carbocycles. The quantitative estimate of drug-likeness (QED) is 0.860. The maximum atomic E-state index is 6.09. The van der Waals surface area contributed by atoms with Crippen LogP contribution < -0.4 is 5.32 Å². The van der Waals surface area contributed by atoms with E-state index in [2.05, 4.69) is 22.2 Å². The van der Waals surface area contributed by atoms with Gasteiger partial charge in [0.2, 0.25) is 0 Å². The van der Waals surface area contributed by atoms with Crippen LogP contribution >= 0.6 is 11.6 Å². The highest BCUT2D eigenvalue weighted by molar-refractivity contribution is 6.31. The molecule has 0 saturated heterocycles. The Morgan fingerprint density at radius 2 is 1.88 bits per heavy atom. The SMILES string of the molecule is Cc1nc(Cl)c(NC2CCCC2C)nc1C. The summed E-state index contributed by atoms with van der Waals surface area (Å²) in [6.07, 6.45) is 3.77. The zero-order chi connectivity index (χ0) is 11.7. The Labute approximate surface area is 102 Å². The lowest BCUT2D eigenvalue weighted by atomic mass is 10.1. The number of rotatable bonds is 2. The van der Waals surface area contributed by atoms with Gasteiger partial charge in [0.05, 0.1) is 11.4 Å². The molecule has 1 aliphatic carbocycles. The molecule has 3 nitrogen and oxygen atoms in total. The molecule has 16 heavy (non-hydrogen) atoms. The van der Waals surface area contributed by atoms with Crippen LogP contribution in [0.5, 0.6) is 0 Å². The first kappa shape index (κ1) is 11.6. The highest BCUT2D eigenvalue weighted by Crippen LogP contribution is 2.29. The van der Waals surface area contributed by atoms with Crippen LogP contribution in [0.25, 0.3) is 0 Å². The summed E-state index contributed by atoms with van der Waals surface area (Å²) in [6, 6.07) is 0.494. The summed E-state index contributed by atoms with van der Waals surface area (Å²) in [6.45, 7) is 6.16. The van der Waals surface area contributed by atoms with E-state index in [0.29, 0.717) is 17.1 Å². The van der Waals surface area contributed by atoms with Crippen LogP contribution in [0, 0.1) is 19.8 Å². The van der Waals surface area contributed by atoms with Crippen molar-refractivity contribution in [2.24, 2.45) is 5.92 Å². The van der Waals surface area contributed by atoms with Crippen molar-refractivity contribution in [2.45, 2.75) is 46.1 Å². The summed E-state index contributed by atoms with van der Waals surface area (Å²) in [5.41, 5.74) is 1.84. The average Bonchev–Trinajstić information content (AvgIpc) is 2.61. The highest BCUT2D eigenvalue weighted by atomic mass is 35.5. The van der Waals surface area contributed by atoms with E-state index in [1.165, 1.54) is 19.3 Å². The average molecular weight is 240 g/mol. The highest BCUT2D eigenvalue weighted by Gasteiger charge is 2.24. The number of nitrogens with zero attached hydrogens (tertiary/aromatic N) is 2. The monoisotopic (exact) mass is 239 g/mol. The van der Waals surface area contributed by atoms with Gasteiger partial charge in [0, 0.05) is 6.04 Å². The van der Waals surface area contributed by atoms with Crippen LogP contribution in [-0.2, 0) is 0 Å². The molecule has 1 aliphatic rings. The van der Waals surface area contributed by atoms with Crippen molar-refractivity contribution in [3.8, 4) is 0 Å². The van der Waals surface area contributed by atoms with E-state index in [1.54, 1.807) is 0 Å². The Balaban J connectivity index is 2.18. The molecule has 0 spiro atoms. The zero-order valence-corrected chi connectivity index (χ0v) is 10.8. The van der Waals surface area contributed by atoms with Gasteiger partial charge in [-0.1, -0.05) is 24.9 Å². The van der Waals surface area contributed by atoms with E-state index >= 15 is 0 Å². The number of aryl methyl sites for hydroxylation is 2. The summed E-state index contributed by atoms with van der Waals surface area (Å²) >= 11 is 6.09. The normalized spacial score (nSPS) is 24.8. The Morgan fingerprint density at radius 1 is 1.19 bits per heavy atom. The molecule has 2 unspecified atom stereocenters. The fraction of sp³-hybridized carbons (Fsp3) is 0.667. The van der Waals surface area contributed by atoms with Gasteiger partial charge in [-0.2, -0.15) is 0 Å². The topological polar surface area (TPSA) is 37.8 Å². The largest absolute Gasteiger partial charge is 0.365 e. The first-order valence-electron chi connectivity index (χ1n) is 5.85. The van der Waals surface area contributed by atoms with Crippen molar-refractivity contribution in [3.05, 3.63) is 16.5 Å². The second-order valence-electron chi connectivity index (χ2n) is 4.69. The van der Waals surface area contributed by atoms with Crippen LogP contribution in [0.3, 0.4) is 0 Å². The van der Waals surface area contributed by atoms with E-state index < -0.39 is 0 Å². The minimum absolute atomic E-state index is 0.488. The number of halogens is 1. The molecule has 0 bridgehead atoms. The third-order valence-electron chi connectivity index (χ3n) is 3.45. The summed E-state index contributed by atoms with van der Waals surface area (Å²) in [7, 11) is 0. The van der Waals surface area contributed by atoms with Gasteiger partial charge in [-0.15, -0.1) is 0 Å². The zero-order valence-electron chi connectivity index (χ0n) is 10.0. The first-order valence-corrected chi connectivity index (χ1v) is 6.23. The Kier molecular flexibility index (Phi) is 3.33. The minimum atomic E-state index is 0.488. The lowest BCUT2D eigenvalue weighted by Gasteiger charge is -2.18. The van der Waals surface area contributed by atoms with Crippen molar-refractivity contribution in [1.82, 2.24) is 9.97 Å². The third-order valence-corrected chi connectivity index (χ3v) is 3.71. The Hall–Kier alpha value is -0.830. The fourth-order valence-electron chi connectivity index (χ4n) is 2.20. The number of nitrogens with one attached hydrogen (secondary N) is 1. The molecule has 2 atom stereocenters. The molecular weight excluding hydrogens is 222 g/mol. The first-order chi connectivity index (χ1) is 7.58. The predicted octanol–water partition coefficient (Wildman–Crippen LogP) is 3.35. The fourth-order valence-corrected chi connectivity index (χ4v) is 2.43. The van der Waals surface area contributed by atoms with Gasteiger partial charge in [-0.05, 0) is 32.6 Å². The van der Waals surface area contributed by atoms with Crippen molar-refractivity contribution in [1.29, 1.82) is 0 Å². The molecule has 0 amide bonds.